The third kappa shape index (κ3) is 5.69. The number of hydrogen-bond acceptors (Lipinski definition) is 4. The summed E-state index contributed by atoms with van der Waals surface area (Å²) in [6.45, 7) is 0.197. The summed E-state index contributed by atoms with van der Waals surface area (Å²) >= 11 is 13.5. The second-order valence-corrected chi connectivity index (χ2v) is 7.41. The lowest BCUT2D eigenvalue weighted by Crippen LogP contribution is -2.31. The molecule has 0 atom stereocenters. The molecular weight excluding hydrogens is 419 g/mol. The molecule has 0 bridgehead atoms. The van der Waals surface area contributed by atoms with Crippen LogP contribution in [0.3, 0.4) is 0 Å². The number of thiazole rings is 1. The molecule has 0 saturated carbocycles. The van der Waals surface area contributed by atoms with Gasteiger partial charge < -0.3 is 16.0 Å². The van der Waals surface area contributed by atoms with E-state index in [1.165, 1.54) is 11.3 Å². The number of amides is 3. The van der Waals surface area contributed by atoms with Crippen molar-refractivity contribution in [3.63, 3.8) is 0 Å². The highest BCUT2D eigenvalue weighted by molar-refractivity contribution is 7.14. The molecule has 6 nitrogen and oxygen atoms in total. The summed E-state index contributed by atoms with van der Waals surface area (Å²) < 4.78 is 0. The van der Waals surface area contributed by atoms with Crippen LogP contribution in [-0.2, 0) is 4.79 Å². The van der Waals surface area contributed by atoms with Crippen molar-refractivity contribution < 1.29 is 9.59 Å². The monoisotopic (exact) mass is 434 g/mol. The van der Waals surface area contributed by atoms with Crippen LogP contribution >= 0.6 is 34.5 Å². The van der Waals surface area contributed by atoms with E-state index < -0.39 is 0 Å². The van der Waals surface area contributed by atoms with Gasteiger partial charge in [-0.25, -0.2) is 9.78 Å². The highest BCUT2D eigenvalue weighted by atomic mass is 35.5. The average molecular weight is 435 g/mol. The fourth-order valence-electron chi connectivity index (χ4n) is 2.32. The van der Waals surface area contributed by atoms with E-state index in [0.717, 1.165) is 0 Å². The molecule has 2 aromatic carbocycles. The molecule has 0 spiro atoms. The van der Waals surface area contributed by atoms with Crippen LogP contribution in [0.15, 0.2) is 53.9 Å². The maximum Gasteiger partial charge on any atom is 0.319 e. The number of rotatable bonds is 6. The van der Waals surface area contributed by atoms with Crippen LogP contribution in [0, 0.1) is 0 Å². The number of anilines is 2. The number of para-hydroxylation sites is 1. The Labute approximate surface area is 175 Å². The Morgan fingerprint density at radius 3 is 2.61 bits per heavy atom. The minimum Gasteiger partial charge on any atom is -0.337 e. The van der Waals surface area contributed by atoms with Gasteiger partial charge in [0.2, 0.25) is 5.91 Å². The van der Waals surface area contributed by atoms with Gasteiger partial charge in [-0.05, 0) is 30.3 Å². The summed E-state index contributed by atoms with van der Waals surface area (Å²) in [7, 11) is 0. The number of nitrogens with zero attached hydrogens (tertiary/aromatic N) is 1. The van der Waals surface area contributed by atoms with Gasteiger partial charge in [0.25, 0.3) is 0 Å². The average Bonchev–Trinajstić information content (AvgIpc) is 3.12. The second kappa shape index (κ2) is 9.54. The molecule has 9 heteroatoms. The lowest BCUT2D eigenvalue weighted by Gasteiger charge is -2.07. The Bertz CT molecular complexity index is 979. The molecule has 144 valence electrons. The first kappa shape index (κ1) is 20.1. The van der Waals surface area contributed by atoms with Crippen LogP contribution in [0.1, 0.15) is 6.42 Å². The summed E-state index contributed by atoms with van der Waals surface area (Å²) in [6.07, 6.45) is 0.120. The summed E-state index contributed by atoms with van der Waals surface area (Å²) in [6, 6.07) is 13.8. The Balaban J connectivity index is 1.47. The van der Waals surface area contributed by atoms with Crippen LogP contribution in [-0.4, -0.2) is 23.5 Å². The highest BCUT2D eigenvalue weighted by Crippen LogP contribution is 2.32. The van der Waals surface area contributed by atoms with Gasteiger partial charge in [0.15, 0.2) is 5.13 Å². The first-order valence-corrected chi connectivity index (χ1v) is 9.95. The molecule has 28 heavy (non-hydrogen) atoms. The molecule has 0 aliphatic heterocycles. The van der Waals surface area contributed by atoms with Crippen LogP contribution in [0.2, 0.25) is 10.0 Å². The molecule has 3 amide bonds. The minimum atomic E-state index is -0.369. The van der Waals surface area contributed by atoms with Crippen molar-refractivity contribution in [1.29, 1.82) is 0 Å². The molecule has 0 radical (unpaired) electrons. The van der Waals surface area contributed by atoms with Gasteiger partial charge in [0.1, 0.15) is 0 Å². The van der Waals surface area contributed by atoms with Gasteiger partial charge in [-0.2, -0.15) is 0 Å². The van der Waals surface area contributed by atoms with Crippen molar-refractivity contribution in [1.82, 2.24) is 10.3 Å². The van der Waals surface area contributed by atoms with Crippen LogP contribution < -0.4 is 16.0 Å². The topological polar surface area (TPSA) is 83.1 Å². The number of urea groups is 1. The molecule has 0 aliphatic rings. The zero-order valence-electron chi connectivity index (χ0n) is 14.5. The highest BCUT2D eigenvalue weighted by Gasteiger charge is 2.11. The second-order valence-electron chi connectivity index (χ2n) is 5.71. The molecule has 1 heterocycles. The fourth-order valence-corrected chi connectivity index (χ4v) is 3.43. The zero-order valence-corrected chi connectivity index (χ0v) is 16.9. The van der Waals surface area contributed by atoms with Gasteiger partial charge in [-0.3, -0.25) is 4.79 Å². The van der Waals surface area contributed by atoms with Crippen LogP contribution in [0.4, 0.5) is 15.6 Å². The largest absolute Gasteiger partial charge is 0.337 e. The van der Waals surface area contributed by atoms with E-state index in [0.29, 0.717) is 32.1 Å². The first-order chi connectivity index (χ1) is 13.5. The number of halogens is 2. The van der Waals surface area contributed by atoms with Crippen molar-refractivity contribution in [2.45, 2.75) is 6.42 Å². The molecule has 3 aromatic rings. The molecule has 0 saturated heterocycles. The van der Waals surface area contributed by atoms with E-state index in [-0.39, 0.29) is 24.9 Å². The Kier molecular flexibility index (Phi) is 6.86. The van der Waals surface area contributed by atoms with Crippen molar-refractivity contribution in [3.8, 4) is 11.3 Å². The standard InChI is InChI=1S/C19H16Cl2N4O2S/c20-12-6-7-15(21)14(10-12)16-11-28-19(24-16)25-17(26)8-9-22-18(27)23-13-4-2-1-3-5-13/h1-7,10-11H,8-9H2,(H2,22,23,27)(H,24,25,26). The Morgan fingerprint density at radius 1 is 1.04 bits per heavy atom. The van der Waals surface area contributed by atoms with E-state index in [1.807, 2.05) is 18.2 Å². The molecular formula is C19H16Cl2N4O2S. The van der Waals surface area contributed by atoms with Crippen molar-refractivity contribution in [3.05, 3.63) is 64.0 Å². The zero-order chi connectivity index (χ0) is 19.9. The number of nitrogens with one attached hydrogen (secondary N) is 3. The number of benzene rings is 2. The molecule has 0 fully saturated rings. The molecule has 1 aromatic heterocycles. The number of hydrogen-bond donors (Lipinski definition) is 3. The maximum absolute atomic E-state index is 12.1. The van der Waals surface area contributed by atoms with Crippen molar-refractivity contribution in [2.75, 3.05) is 17.2 Å². The summed E-state index contributed by atoms with van der Waals surface area (Å²) in [5.74, 6) is -0.252. The van der Waals surface area contributed by atoms with Gasteiger partial charge >= 0.3 is 6.03 Å². The van der Waals surface area contributed by atoms with Crippen molar-refractivity contribution >= 4 is 57.3 Å². The van der Waals surface area contributed by atoms with E-state index in [9.17, 15) is 9.59 Å². The molecule has 0 aliphatic carbocycles. The number of carbonyl (C=O) groups is 2. The molecule has 3 rings (SSSR count). The predicted molar refractivity (Wildman–Crippen MR) is 114 cm³/mol. The van der Waals surface area contributed by atoms with E-state index >= 15 is 0 Å². The Morgan fingerprint density at radius 2 is 1.82 bits per heavy atom. The quantitative estimate of drug-likeness (QED) is 0.494. The number of carbonyl (C=O) groups excluding carboxylic acids is 2. The third-order valence-corrected chi connectivity index (χ3v) is 4.95. The molecule has 0 unspecified atom stereocenters. The molecule has 3 N–H and O–H groups in total. The number of aromatic nitrogens is 1. The van der Waals surface area contributed by atoms with Crippen LogP contribution in [0.5, 0.6) is 0 Å². The SMILES string of the molecule is O=C(CCNC(=O)Nc1ccccc1)Nc1nc(-c2cc(Cl)ccc2Cl)cs1. The van der Waals surface area contributed by atoms with Gasteiger partial charge in [0.05, 0.1) is 10.7 Å². The van der Waals surface area contributed by atoms with Gasteiger partial charge in [-0.1, -0.05) is 41.4 Å². The lowest BCUT2D eigenvalue weighted by atomic mass is 10.2. The lowest BCUT2D eigenvalue weighted by molar-refractivity contribution is -0.116. The summed E-state index contributed by atoms with van der Waals surface area (Å²) in [5.41, 5.74) is 2.01. The van der Waals surface area contributed by atoms with Gasteiger partial charge in [-0.15, -0.1) is 11.3 Å². The summed E-state index contributed by atoms with van der Waals surface area (Å²) in [4.78, 5) is 28.2. The first-order valence-electron chi connectivity index (χ1n) is 8.32. The Hall–Kier alpha value is -2.61. The van der Waals surface area contributed by atoms with E-state index in [1.54, 1.807) is 35.7 Å². The normalized spacial score (nSPS) is 10.4. The van der Waals surface area contributed by atoms with Crippen LogP contribution in [0.25, 0.3) is 11.3 Å². The van der Waals surface area contributed by atoms with E-state index in [2.05, 4.69) is 20.9 Å². The van der Waals surface area contributed by atoms with E-state index in [4.69, 9.17) is 23.2 Å². The maximum atomic E-state index is 12.1. The minimum absolute atomic E-state index is 0.120. The van der Waals surface area contributed by atoms with Gasteiger partial charge in [0, 0.05) is 34.6 Å². The smallest absolute Gasteiger partial charge is 0.319 e. The van der Waals surface area contributed by atoms with Crippen molar-refractivity contribution in [2.24, 2.45) is 0 Å². The fraction of sp³-hybridized carbons (Fsp3) is 0.105. The summed E-state index contributed by atoms with van der Waals surface area (Å²) in [5, 5.41) is 11.3. The predicted octanol–water partition coefficient (Wildman–Crippen LogP) is 5.27. The third-order valence-electron chi connectivity index (χ3n) is 3.62.